The summed E-state index contributed by atoms with van der Waals surface area (Å²) in [6.45, 7) is 1.23. The van der Waals surface area contributed by atoms with Crippen LogP contribution in [-0.2, 0) is 11.3 Å². The molecule has 5 rings (SSSR count). The number of imide groups is 1. The number of halogens is 2. The second-order valence-electron chi connectivity index (χ2n) is 8.70. The Labute approximate surface area is 208 Å². The van der Waals surface area contributed by atoms with E-state index in [0.717, 1.165) is 28.8 Å². The van der Waals surface area contributed by atoms with Gasteiger partial charge >= 0.3 is 0 Å². The average molecular weight is 498 g/mol. The zero-order valence-corrected chi connectivity index (χ0v) is 20.1. The molecule has 34 heavy (non-hydrogen) atoms. The number of nitrogens with zero attached hydrogens (tertiary/aromatic N) is 3. The number of amides is 2. The predicted molar refractivity (Wildman–Crippen MR) is 134 cm³/mol. The first-order valence-corrected chi connectivity index (χ1v) is 12.2. The molecule has 6 nitrogen and oxygen atoms in total. The van der Waals surface area contributed by atoms with Crippen LogP contribution in [-0.4, -0.2) is 52.1 Å². The van der Waals surface area contributed by atoms with Gasteiger partial charge in [0.1, 0.15) is 11.7 Å². The van der Waals surface area contributed by atoms with Gasteiger partial charge in [0.05, 0.1) is 5.69 Å². The van der Waals surface area contributed by atoms with E-state index in [-0.39, 0.29) is 25.0 Å². The normalized spacial score (nSPS) is 17.7. The molecular formula is C26H25Cl2N3O3. The smallest absolute Gasteiger partial charge is 0.279 e. The second kappa shape index (κ2) is 9.45. The molecule has 3 aromatic rings. The first-order chi connectivity index (χ1) is 16.5. The van der Waals surface area contributed by atoms with E-state index in [1.54, 1.807) is 0 Å². The SMILES string of the molecule is O=C1c2c(c(-c3ccccc3Cl)cn2Cc2ccc(Cl)cc2)N2CCCC2C(=O)N1CCCO. The van der Waals surface area contributed by atoms with E-state index in [1.807, 2.05) is 59.3 Å². The number of anilines is 1. The summed E-state index contributed by atoms with van der Waals surface area (Å²) in [5.74, 6) is -0.537. The number of fused-ring (bicyclic) bond motifs is 3. The molecule has 0 spiro atoms. The maximum Gasteiger partial charge on any atom is 0.279 e. The molecular weight excluding hydrogens is 473 g/mol. The first kappa shape index (κ1) is 23.0. The first-order valence-electron chi connectivity index (χ1n) is 11.4. The summed E-state index contributed by atoms with van der Waals surface area (Å²) in [7, 11) is 0. The standard InChI is InChI=1S/C26H25Cl2N3O3/c27-18-10-8-17(9-11-18)15-29-16-20(19-5-1-2-6-21(19)28)23-24(29)26(34)31(13-4-14-32)25(33)22-7-3-12-30(22)23/h1-2,5-6,8-11,16,22,32H,3-4,7,12-15H2. The molecule has 3 heterocycles. The largest absolute Gasteiger partial charge is 0.396 e. The van der Waals surface area contributed by atoms with E-state index in [9.17, 15) is 14.7 Å². The second-order valence-corrected chi connectivity index (χ2v) is 9.54. The molecule has 1 N–H and O–H groups in total. The molecule has 1 saturated heterocycles. The Bertz CT molecular complexity index is 1240. The van der Waals surface area contributed by atoms with Crippen molar-refractivity contribution in [2.45, 2.75) is 31.8 Å². The monoisotopic (exact) mass is 497 g/mol. The van der Waals surface area contributed by atoms with Crippen LogP contribution in [0.5, 0.6) is 0 Å². The number of carbonyl (C=O) groups excluding carboxylic acids is 2. The minimum Gasteiger partial charge on any atom is -0.396 e. The molecule has 176 valence electrons. The molecule has 2 aliphatic rings. The molecule has 0 bridgehead atoms. The number of hydrogen-bond acceptors (Lipinski definition) is 4. The van der Waals surface area contributed by atoms with Crippen molar-refractivity contribution in [1.29, 1.82) is 0 Å². The van der Waals surface area contributed by atoms with E-state index in [0.29, 0.717) is 41.7 Å². The number of aliphatic hydroxyl groups excluding tert-OH is 1. The van der Waals surface area contributed by atoms with Crippen molar-refractivity contribution in [2.24, 2.45) is 0 Å². The molecule has 2 aromatic carbocycles. The molecule has 1 fully saturated rings. The third-order valence-electron chi connectivity index (χ3n) is 6.56. The fourth-order valence-corrected chi connectivity index (χ4v) is 5.35. The number of carbonyl (C=O) groups is 2. The third kappa shape index (κ3) is 4.00. The minimum atomic E-state index is -0.406. The van der Waals surface area contributed by atoms with Crippen LogP contribution < -0.4 is 4.90 Å². The average Bonchev–Trinajstić information content (AvgIpc) is 3.43. The van der Waals surface area contributed by atoms with E-state index in [1.165, 1.54) is 4.90 Å². The molecule has 0 radical (unpaired) electrons. The summed E-state index contributed by atoms with van der Waals surface area (Å²) < 4.78 is 1.92. The van der Waals surface area contributed by atoms with E-state index >= 15 is 0 Å². The summed E-state index contributed by atoms with van der Waals surface area (Å²) in [6, 6.07) is 14.7. The van der Waals surface area contributed by atoms with E-state index in [4.69, 9.17) is 23.2 Å². The number of hydrogen-bond donors (Lipinski definition) is 1. The summed E-state index contributed by atoms with van der Waals surface area (Å²) in [4.78, 5) is 30.8. The van der Waals surface area contributed by atoms with Gasteiger partial charge in [0.2, 0.25) is 0 Å². The highest BCUT2D eigenvalue weighted by Gasteiger charge is 2.44. The van der Waals surface area contributed by atoms with Gasteiger partial charge in [-0.15, -0.1) is 0 Å². The molecule has 2 aliphatic heterocycles. The van der Waals surface area contributed by atoms with Crippen LogP contribution in [0.2, 0.25) is 10.0 Å². The quantitative estimate of drug-likeness (QED) is 0.494. The molecule has 1 aromatic heterocycles. The van der Waals surface area contributed by atoms with Crippen LogP contribution in [0.1, 0.15) is 35.3 Å². The van der Waals surface area contributed by atoms with Gasteiger partial charge in [0.25, 0.3) is 11.8 Å². The Kier molecular flexibility index (Phi) is 6.38. The Morgan fingerprint density at radius 1 is 1.00 bits per heavy atom. The molecule has 8 heteroatoms. The lowest BCUT2D eigenvalue weighted by molar-refractivity contribution is -0.129. The Hall–Kier alpha value is -2.80. The zero-order chi connectivity index (χ0) is 23.8. The summed E-state index contributed by atoms with van der Waals surface area (Å²) in [5.41, 5.74) is 3.88. The van der Waals surface area contributed by atoms with Crippen molar-refractivity contribution in [3.8, 4) is 11.1 Å². The number of rotatable bonds is 6. The number of benzene rings is 2. The highest BCUT2D eigenvalue weighted by Crippen LogP contribution is 2.44. The number of aliphatic hydroxyl groups is 1. The van der Waals surface area contributed by atoms with Gasteiger partial charge in [-0.25, -0.2) is 0 Å². The van der Waals surface area contributed by atoms with E-state index < -0.39 is 6.04 Å². The molecule has 1 atom stereocenters. The number of aromatic nitrogens is 1. The van der Waals surface area contributed by atoms with Gasteiger partial charge in [0.15, 0.2) is 0 Å². The van der Waals surface area contributed by atoms with Gasteiger partial charge in [-0.05, 0) is 43.0 Å². The van der Waals surface area contributed by atoms with Gasteiger partial charge in [-0.2, -0.15) is 0 Å². The maximum absolute atomic E-state index is 13.9. The lowest BCUT2D eigenvalue weighted by atomic mass is 10.1. The van der Waals surface area contributed by atoms with Crippen LogP contribution in [0.4, 0.5) is 5.69 Å². The summed E-state index contributed by atoms with van der Waals surface area (Å²) in [5, 5.41) is 10.6. The van der Waals surface area contributed by atoms with Crippen molar-refractivity contribution in [2.75, 3.05) is 24.6 Å². The van der Waals surface area contributed by atoms with Gasteiger partial charge in [-0.1, -0.05) is 53.5 Å². The van der Waals surface area contributed by atoms with E-state index in [2.05, 4.69) is 4.90 Å². The summed E-state index contributed by atoms with van der Waals surface area (Å²) in [6.07, 6.45) is 3.86. The van der Waals surface area contributed by atoms with Crippen LogP contribution in [0.25, 0.3) is 11.1 Å². The Balaban J connectivity index is 1.72. The zero-order valence-electron chi connectivity index (χ0n) is 18.6. The van der Waals surface area contributed by atoms with Crippen LogP contribution in [0.3, 0.4) is 0 Å². The lowest BCUT2D eigenvalue weighted by Crippen LogP contribution is -2.46. The topological polar surface area (TPSA) is 65.8 Å². The highest BCUT2D eigenvalue weighted by molar-refractivity contribution is 6.33. The molecule has 0 aliphatic carbocycles. The lowest BCUT2D eigenvalue weighted by Gasteiger charge is -2.26. The van der Waals surface area contributed by atoms with Crippen LogP contribution in [0, 0.1) is 0 Å². The van der Waals surface area contributed by atoms with Crippen LogP contribution >= 0.6 is 23.2 Å². The van der Waals surface area contributed by atoms with Crippen molar-refractivity contribution >= 4 is 40.7 Å². The van der Waals surface area contributed by atoms with Crippen molar-refractivity contribution in [3.63, 3.8) is 0 Å². The van der Waals surface area contributed by atoms with Gasteiger partial charge in [-0.3, -0.25) is 14.5 Å². The fourth-order valence-electron chi connectivity index (χ4n) is 4.99. The van der Waals surface area contributed by atoms with Crippen molar-refractivity contribution in [3.05, 3.63) is 76.0 Å². The van der Waals surface area contributed by atoms with Gasteiger partial charge in [0, 0.05) is 53.6 Å². The predicted octanol–water partition coefficient (Wildman–Crippen LogP) is 4.84. The van der Waals surface area contributed by atoms with Gasteiger partial charge < -0.3 is 14.6 Å². The van der Waals surface area contributed by atoms with Crippen molar-refractivity contribution < 1.29 is 14.7 Å². The molecule has 2 amide bonds. The third-order valence-corrected chi connectivity index (χ3v) is 7.14. The van der Waals surface area contributed by atoms with Crippen molar-refractivity contribution in [1.82, 2.24) is 9.47 Å². The van der Waals surface area contributed by atoms with Crippen LogP contribution in [0.15, 0.2) is 54.7 Å². The highest BCUT2D eigenvalue weighted by atomic mass is 35.5. The summed E-state index contributed by atoms with van der Waals surface area (Å²) >= 11 is 12.7. The molecule has 1 unspecified atom stereocenters. The maximum atomic E-state index is 13.9. The Morgan fingerprint density at radius 2 is 1.76 bits per heavy atom. The fraction of sp³-hybridized carbons (Fsp3) is 0.308. The minimum absolute atomic E-state index is 0.0883. The molecule has 0 saturated carbocycles. The Morgan fingerprint density at radius 3 is 2.50 bits per heavy atom.